The van der Waals surface area contributed by atoms with E-state index in [0.717, 1.165) is 11.3 Å². The summed E-state index contributed by atoms with van der Waals surface area (Å²) in [7, 11) is 1.70. The van der Waals surface area contributed by atoms with Gasteiger partial charge >= 0.3 is 0 Å². The van der Waals surface area contributed by atoms with Crippen LogP contribution in [0.15, 0.2) is 21.6 Å². The maximum Gasteiger partial charge on any atom is 0.263 e. The second-order valence-electron chi connectivity index (χ2n) is 6.83. The monoisotopic (exact) mass is 396 g/mol. The van der Waals surface area contributed by atoms with Crippen LogP contribution in [0, 0.1) is 20.8 Å². The Hall–Kier alpha value is -3.76. The molecule has 0 saturated carbocycles. The Bertz CT molecular complexity index is 1260. The number of aromatic nitrogens is 7. The highest BCUT2D eigenvalue weighted by molar-refractivity contribution is 5.90. The van der Waals surface area contributed by atoms with E-state index >= 15 is 0 Å². The maximum absolute atomic E-state index is 12.5. The minimum absolute atomic E-state index is 0.195. The first-order valence-electron chi connectivity index (χ1n) is 9.04. The van der Waals surface area contributed by atoms with E-state index in [2.05, 4.69) is 30.6 Å². The van der Waals surface area contributed by atoms with Crippen LogP contribution in [-0.2, 0) is 18.3 Å². The topological polar surface area (TPSA) is 137 Å². The number of amides is 1. The Morgan fingerprint density at radius 1 is 1.31 bits per heavy atom. The van der Waals surface area contributed by atoms with Gasteiger partial charge in [0.1, 0.15) is 17.0 Å². The predicted molar refractivity (Wildman–Crippen MR) is 104 cm³/mol. The zero-order chi connectivity index (χ0) is 20.7. The first kappa shape index (κ1) is 18.6. The second kappa shape index (κ2) is 7.00. The molecule has 0 fully saturated rings. The summed E-state index contributed by atoms with van der Waals surface area (Å²) in [4.78, 5) is 32.0. The van der Waals surface area contributed by atoms with E-state index in [4.69, 9.17) is 4.52 Å². The number of nitrogens with one attached hydrogen (secondary N) is 2. The number of fused-ring (bicyclic) bond motifs is 1. The van der Waals surface area contributed by atoms with E-state index in [0.29, 0.717) is 34.7 Å². The molecule has 11 nitrogen and oxygen atoms in total. The van der Waals surface area contributed by atoms with Gasteiger partial charge in [-0.05, 0) is 27.2 Å². The zero-order valence-corrected chi connectivity index (χ0v) is 16.5. The van der Waals surface area contributed by atoms with Gasteiger partial charge in [-0.25, -0.2) is 0 Å². The van der Waals surface area contributed by atoms with Crippen LogP contribution < -0.4 is 10.9 Å². The number of carbonyl (C=O) groups excluding carboxylic acids is 1. The molecule has 0 spiro atoms. The molecule has 150 valence electrons. The summed E-state index contributed by atoms with van der Waals surface area (Å²) in [6.45, 7) is 5.46. The largest absolute Gasteiger partial charge is 0.361 e. The fraction of sp³-hybridized carbons (Fsp3) is 0.333. The van der Waals surface area contributed by atoms with E-state index in [1.165, 1.54) is 15.6 Å². The van der Waals surface area contributed by atoms with Crippen molar-refractivity contribution in [3.05, 3.63) is 45.3 Å². The van der Waals surface area contributed by atoms with Crippen molar-refractivity contribution >= 4 is 22.8 Å². The molecule has 0 aliphatic rings. The lowest BCUT2D eigenvalue weighted by atomic mass is 10.1. The number of nitrogens with zero attached hydrogens (tertiary/aromatic N) is 6. The van der Waals surface area contributed by atoms with Gasteiger partial charge in [0.25, 0.3) is 5.56 Å². The quantitative estimate of drug-likeness (QED) is 0.519. The minimum atomic E-state index is -0.332. The first-order valence-corrected chi connectivity index (χ1v) is 9.04. The van der Waals surface area contributed by atoms with Crippen molar-refractivity contribution in [2.24, 2.45) is 7.05 Å². The van der Waals surface area contributed by atoms with Crippen LogP contribution in [0.2, 0.25) is 0 Å². The lowest BCUT2D eigenvalue weighted by molar-refractivity contribution is -0.116. The van der Waals surface area contributed by atoms with Gasteiger partial charge in [-0.15, -0.1) is 0 Å². The molecule has 0 atom stereocenters. The van der Waals surface area contributed by atoms with Gasteiger partial charge in [0.05, 0.1) is 17.6 Å². The normalized spacial score (nSPS) is 11.3. The molecule has 29 heavy (non-hydrogen) atoms. The average Bonchev–Trinajstić information content (AvgIpc) is 3.32. The Kier molecular flexibility index (Phi) is 4.49. The third-order valence-corrected chi connectivity index (χ3v) is 4.67. The van der Waals surface area contributed by atoms with Crippen LogP contribution in [-0.4, -0.2) is 40.6 Å². The Balaban J connectivity index is 1.59. The van der Waals surface area contributed by atoms with Gasteiger partial charge < -0.3 is 9.84 Å². The van der Waals surface area contributed by atoms with Gasteiger partial charge in [-0.3, -0.25) is 19.3 Å². The van der Waals surface area contributed by atoms with Gasteiger partial charge in [0, 0.05) is 25.1 Å². The molecule has 0 aliphatic heterocycles. The number of aromatic amines is 1. The third kappa shape index (κ3) is 3.42. The van der Waals surface area contributed by atoms with Crippen molar-refractivity contribution in [1.29, 1.82) is 0 Å². The fourth-order valence-corrected chi connectivity index (χ4v) is 3.17. The molecule has 4 rings (SSSR count). The van der Waals surface area contributed by atoms with E-state index in [1.807, 2.05) is 13.8 Å². The van der Waals surface area contributed by atoms with Crippen LogP contribution in [0.25, 0.3) is 17.0 Å². The molecule has 0 bridgehead atoms. The van der Waals surface area contributed by atoms with Gasteiger partial charge in [-0.2, -0.15) is 19.9 Å². The molecule has 4 aromatic rings. The van der Waals surface area contributed by atoms with Crippen molar-refractivity contribution in [3.63, 3.8) is 0 Å². The number of aryl methyl sites for hydroxylation is 4. The Labute approximate surface area is 164 Å². The van der Waals surface area contributed by atoms with Crippen molar-refractivity contribution < 1.29 is 9.32 Å². The summed E-state index contributed by atoms with van der Waals surface area (Å²) < 4.78 is 8.04. The van der Waals surface area contributed by atoms with Crippen LogP contribution in [0.1, 0.15) is 29.1 Å². The fourth-order valence-electron chi connectivity index (χ4n) is 3.17. The molecule has 1 amide bonds. The highest BCUT2D eigenvalue weighted by Gasteiger charge is 2.16. The summed E-state index contributed by atoms with van der Waals surface area (Å²) >= 11 is 0. The summed E-state index contributed by atoms with van der Waals surface area (Å²) in [5.41, 5.74) is 2.47. The van der Waals surface area contributed by atoms with Crippen LogP contribution >= 0.6 is 0 Å². The lowest BCUT2D eigenvalue weighted by Gasteiger charge is -2.08. The number of H-pyrrole nitrogens is 1. The lowest BCUT2D eigenvalue weighted by Crippen LogP contribution is -2.19. The molecule has 4 aromatic heterocycles. The minimum Gasteiger partial charge on any atom is -0.361 e. The molecular weight excluding hydrogens is 376 g/mol. The molecule has 11 heteroatoms. The van der Waals surface area contributed by atoms with Crippen molar-refractivity contribution in [1.82, 2.24) is 34.7 Å². The zero-order valence-electron chi connectivity index (χ0n) is 16.5. The van der Waals surface area contributed by atoms with Crippen LogP contribution in [0.5, 0.6) is 0 Å². The molecule has 2 N–H and O–H groups in total. The average molecular weight is 396 g/mol. The van der Waals surface area contributed by atoms with Crippen LogP contribution in [0.4, 0.5) is 5.82 Å². The molecule has 0 unspecified atom stereocenters. The highest BCUT2D eigenvalue weighted by atomic mass is 16.5. The number of hydrogen-bond donors (Lipinski definition) is 2. The Morgan fingerprint density at radius 2 is 2.10 bits per heavy atom. The second-order valence-corrected chi connectivity index (χ2v) is 6.83. The summed E-state index contributed by atoms with van der Waals surface area (Å²) in [6, 6.07) is 1.71. The van der Waals surface area contributed by atoms with E-state index in [1.54, 1.807) is 20.0 Å². The molecule has 0 aliphatic carbocycles. The highest BCUT2D eigenvalue weighted by Crippen LogP contribution is 2.18. The van der Waals surface area contributed by atoms with Crippen molar-refractivity contribution in [2.75, 3.05) is 5.32 Å². The van der Waals surface area contributed by atoms with E-state index in [-0.39, 0.29) is 23.8 Å². The van der Waals surface area contributed by atoms with Gasteiger partial charge in [-0.1, -0.05) is 5.16 Å². The number of anilines is 1. The summed E-state index contributed by atoms with van der Waals surface area (Å²) in [5.74, 6) is 1.12. The maximum atomic E-state index is 12.5. The third-order valence-electron chi connectivity index (χ3n) is 4.67. The predicted octanol–water partition coefficient (Wildman–Crippen LogP) is 1.33. The SMILES string of the molecule is Cc1cc(NC(=O)CCc2c(C)noc2C)n(-c2nc3c(cnn3C)c(=O)[nH]2)n1. The Morgan fingerprint density at radius 3 is 2.83 bits per heavy atom. The summed E-state index contributed by atoms with van der Waals surface area (Å²) in [5, 5.41) is 15.5. The number of carbonyl (C=O) groups is 1. The summed E-state index contributed by atoms with van der Waals surface area (Å²) in [6.07, 6.45) is 2.21. The molecule has 4 heterocycles. The standard InChI is InChI=1S/C18H20N8O3/c1-9-7-14(20-15(27)6-5-12-10(2)24-29-11(12)3)26(23-9)18-21-16-13(17(28)22-18)8-19-25(16)4/h7-8H,5-6H2,1-4H3,(H,20,27)(H,21,22,28). The molecule has 0 radical (unpaired) electrons. The van der Waals surface area contributed by atoms with Crippen molar-refractivity contribution in [3.8, 4) is 5.95 Å². The smallest absolute Gasteiger partial charge is 0.263 e. The van der Waals surface area contributed by atoms with E-state index in [9.17, 15) is 9.59 Å². The number of hydrogen-bond acceptors (Lipinski definition) is 7. The first-order chi connectivity index (χ1) is 13.8. The number of rotatable bonds is 5. The van der Waals surface area contributed by atoms with Gasteiger partial charge in [0.15, 0.2) is 5.65 Å². The van der Waals surface area contributed by atoms with Crippen molar-refractivity contribution in [2.45, 2.75) is 33.6 Å². The van der Waals surface area contributed by atoms with Crippen LogP contribution in [0.3, 0.4) is 0 Å². The molecular formula is C18H20N8O3. The molecule has 0 saturated heterocycles. The van der Waals surface area contributed by atoms with E-state index < -0.39 is 0 Å². The molecule has 0 aromatic carbocycles. The van der Waals surface area contributed by atoms with Gasteiger partial charge in [0.2, 0.25) is 11.9 Å².